The predicted octanol–water partition coefficient (Wildman–Crippen LogP) is 2.01. The van der Waals surface area contributed by atoms with Gasteiger partial charge in [-0.15, -0.1) is 0 Å². The normalized spacial score (nSPS) is 9.65. The minimum absolute atomic E-state index is 0.296. The van der Waals surface area contributed by atoms with Gasteiger partial charge in [0.25, 0.3) is 5.17 Å². The van der Waals surface area contributed by atoms with Gasteiger partial charge in [0, 0.05) is 14.1 Å². The van der Waals surface area contributed by atoms with Crippen molar-refractivity contribution < 1.29 is 14.3 Å². The summed E-state index contributed by atoms with van der Waals surface area (Å²) in [6.07, 6.45) is 0. The molecule has 0 aromatic heterocycles. The highest BCUT2D eigenvalue weighted by molar-refractivity contribution is 7.80. The molecule has 0 saturated heterocycles. The molecule has 1 aromatic carbocycles. The van der Waals surface area contributed by atoms with Crippen molar-refractivity contribution in [3.63, 3.8) is 0 Å². The topological polar surface area (TPSA) is 38.8 Å². The SMILES string of the molecule is COC(=O)c1cccc(C)c1OC(=S)N(C)C. The highest BCUT2D eigenvalue weighted by Gasteiger charge is 2.16. The molecule has 0 bridgehead atoms. The van der Waals surface area contributed by atoms with Crippen molar-refractivity contribution in [2.45, 2.75) is 6.92 Å². The maximum atomic E-state index is 11.6. The summed E-state index contributed by atoms with van der Waals surface area (Å²) in [4.78, 5) is 13.2. The van der Waals surface area contributed by atoms with E-state index in [4.69, 9.17) is 21.7 Å². The van der Waals surface area contributed by atoms with Gasteiger partial charge < -0.3 is 14.4 Å². The van der Waals surface area contributed by atoms with Crippen molar-refractivity contribution in [3.8, 4) is 5.75 Å². The van der Waals surface area contributed by atoms with E-state index in [1.54, 1.807) is 31.1 Å². The van der Waals surface area contributed by atoms with Crippen LogP contribution in [0.1, 0.15) is 15.9 Å². The first-order valence-corrected chi connectivity index (χ1v) is 5.45. The summed E-state index contributed by atoms with van der Waals surface area (Å²) in [6, 6.07) is 5.26. The Morgan fingerprint density at radius 2 is 2.00 bits per heavy atom. The fourth-order valence-corrected chi connectivity index (χ4v) is 1.32. The average Bonchev–Trinajstić information content (AvgIpc) is 2.30. The second-order valence-corrected chi connectivity index (χ2v) is 4.05. The lowest BCUT2D eigenvalue weighted by Gasteiger charge is -2.17. The molecule has 1 aromatic rings. The van der Waals surface area contributed by atoms with Gasteiger partial charge in [-0.2, -0.15) is 0 Å². The predicted molar refractivity (Wildman–Crippen MR) is 69.4 cm³/mol. The molecular formula is C12H15NO3S. The van der Waals surface area contributed by atoms with Gasteiger partial charge in [-0.3, -0.25) is 0 Å². The number of carbonyl (C=O) groups is 1. The molecule has 0 aliphatic carbocycles. The van der Waals surface area contributed by atoms with Gasteiger partial charge in [0.2, 0.25) is 0 Å². The maximum Gasteiger partial charge on any atom is 0.341 e. The zero-order valence-corrected chi connectivity index (χ0v) is 11.1. The van der Waals surface area contributed by atoms with Crippen LogP contribution in [0.4, 0.5) is 0 Å². The van der Waals surface area contributed by atoms with Crippen LogP contribution in [-0.4, -0.2) is 37.2 Å². The van der Waals surface area contributed by atoms with Crippen LogP contribution >= 0.6 is 12.2 Å². The number of thiocarbonyl (C=S) groups is 1. The maximum absolute atomic E-state index is 11.6. The third-order valence-corrected chi connectivity index (χ3v) is 2.62. The molecule has 5 heteroatoms. The Labute approximate surface area is 106 Å². The molecule has 17 heavy (non-hydrogen) atoms. The molecule has 0 aliphatic heterocycles. The number of hydrogen-bond donors (Lipinski definition) is 0. The van der Waals surface area contributed by atoms with Crippen molar-refractivity contribution in [2.75, 3.05) is 21.2 Å². The fraction of sp³-hybridized carbons (Fsp3) is 0.333. The smallest absolute Gasteiger partial charge is 0.341 e. The van der Waals surface area contributed by atoms with Crippen LogP contribution in [0.5, 0.6) is 5.75 Å². The number of esters is 1. The van der Waals surface area contributed by atoms with Crippen molar-refractivity contribution in [1.82, 2.24) is 4.90 Å². The van der Waals surface area contributed by atoms with Gasteiger partial charge in [0.05, 0.1) is 7.11 Å². The van der Waals surface area contributed by atoms with E-state index in [2.05, 4.69) is 0 Å². The minimum atomic E-state index is -0.440. The molecule has 0 fully saturated rings. The highest BCUT2D eigenvalue weighted by Crippen LogP contribution is 2.24. The average molecular weight is 253 g/mol. The van der Waals surface area contributed by atoms with E-state index in [-0.39, 0.29) is 0 Å². The quantitative estimate of drug-likeness (QED) is 0.595. The van der Waals surface area contributed by atoms with Gasteiger partial charge in [-0.05, 0) is 30.8 Å². The van der Waals surface area contributed by atoms with Crippen LogP contribution in [0.2, 0.25) is 0 Å². The van der Waals surface area contributed by atoms with Gasteiger partial charge >= 0.3 is 5.97 Å². The minimum Gasteiger partial charge on any atom is -0.465 e. The molecule has 0 heterocycles. The highest BCUT2D eigenvalue weighted by atomic mass is 32.1. The van der Waals surface area contributed by atoms with E-state index in [0.717, 1.165) is 5.56 Å². The Morgan fingerprint density at radius 1 is 1.35 bits per heavy atom. The lowest BCUT2D eigenvalue weighted by Crippen LogP contribution is -2.26. The number of ether oxygens (including phenoxy) is 2. The molecule has 0 radical (unpaired) electrons. The van der Waals surface area contributed by atoms with E-state index in [9.17, 15) is 4.79 Å². The third-order valence-electron chi connectivity index (χ3n) is 2.17. The van der Waals surface area contributed by atoms with Crippen molar-refractivity contribution in [1.29, 1.82) is 0 Å². The van der Waals surface area contributed by atoms with Gasteiger partial charge in [0.15, 0.2) is 0 Å². The van der Waals surface area contributed by atoms with Crippen LogP contribution < -0.4 is 4.74 Å². The van der Waals surface area contributed by atoms with Crippen LogP contribution in [0.25, 0.3) is 0 Å². The first-order chi connectivity index (χ1) is 7.97. The first-order valence-electron chi connectivity index (χ1n) is 5.04. The third kappa shape index (κ3) is 3.17. The zero-order chi connectivity index (χ0) is 13.0. The lowest BCUT2D eigenvalue weighted by atomic mass is 10.1. The molecule has 0 N–H and O–H groups in total. The zero-order valence-electron chi connectivity index (χ0n) is 10.3. The molecule has 0 aliphatic rings. The molecule has 0 amide bonds. The Kier molecular flexibility index (Phi) is 4.45. The number of benzene rings is 1. The summed E-state index contributed by atoms with van der Waals surface area (Å²) in [5, 5.41) is 0.296. The molecular weight excluding hydrogens is 238 g/mol. The number of hydrogen-bond acceptors (Lipinski definition) is 4. The first kappa shape index (κ1) is 13.4. The standard InChI is InChI=1S/C12H15NO3S/c1-8-6-5-7-9(11(14)15-4)10(8)16-12(17)13(2)3/h5-7H,1-4H3. The fourth-order valence-electron chi connectivity index (χ4n) is 1.24. The summed E-state index contributed by atoms with van der Waals surface area (Å²) >= 11 is 5.05. The Bertz CT molecular complexity index is 443. The van der Waals surface area contributed by atoms with Crippen molar-refractivity contribution in [3.05, 3.63) is 29.3 Å². The number of nitrogens with zero attached hydrogens (tertiary/aromatic N) is 1. The van der Waals surface area contributed by atoms with E-state index in [1.165, 1.54) is 7.11 Å². The largest absolute Gasteiger partial charge is 0.465 e. The molecule has 0 unspecified atom stereocenters. The second kappa shape index (κ2) is 5.63. The summed E-state index contributed by atoms with van der Waals surface area (Å²) in [6.45, 7) is 1.85. The summed E-state index contributed by atoms with van der Waals surface area (Å²) in [5.41, 5.74) is 1.20. The van der Waals surface area contributed by atoms with E-state index >= 15 is 0 Å². The molecule has 0 saturated carbocycles. The molecule has 0 atom stereocenters. The van der Waals surface area contributed by atoms with Crippen LogP contribution in [0.15, 0.2) is 18.2 Å². The van der Waals surface area contributed by atoms with Gasteiger partial charge in [-0.1, -0.05) is 12.1 Å². The van der Waals surface area contributed by atoms with Crippen molar-refractivity contribution in [2.24, 2.45) is 0 Å². The van der Waals surface area contributed by atoms with Crippen LogP contribution in [0, 0.1) is 6.92 Å². The van der Waals surface area contributed by atoms with E-state index in [0.29, 0.717) is 16.5 Å². The van der Waals surface area contributed by atoms with E-state index < -0.39 is 5.97 Å². The van der Waals surface area contributed by atoms with Crippen LogP contribution in [-0.2, 0) is 4.74 Å². The Balaban J connectivity index is 3.12. The monoisotopic (exact) mass is 253 g/mol. The summed E-state index contributed by atoms with van der Waals surface area (Å²) in [7, 11) is 4.88. The number of para-hydroxylation sites is 1. The summed E-state index contributed by atoms with van der Waals surface area (Å²) in [5.74, 6) is 0.00306. The van der Waals surface area contributed by atoms with Gasteiger partial charge in [0.1, 0.15) is 11.3 Å². The molecule has 92 valence electrons. The van der Waals surface area contributed by atoms with E-state index in [1.807, 2.05) is 13.0 Å². The number of rotatable bonds is 2. The number of methoxy groups -OCH3 is 1. The Hall–Kier alpha value is -1.62. The molecule has 0 spiro atoms. The number of carbonyl (C=O) groups excluding carboxylic acids is 1. The van der Waals surface area contributed by atoms with Gasteiger partial charge in [-0.25, -0.2) is 4.79 Å². The molecule has 1 rings (SSSR count). The lowest BCUT2D eigenvalue weighted by molar-refractivity contribution is 0.0598. The van der Waals surface area contributed by atoms with Crippen LogP contribution in [0.3, 0.4) is 0 Å². The van der Waals surface area contributed by atoms with Crippen molar-refractivity contribution >= 4 is 23.4 Å². The second-order valence-electron chi connectivity index (χ2n) is 3.71. The molecule has 4 nitrogen and oxygen atoms in total. The Morgan fingerprint density at radius 3 is 2.53 bits per heavy atom. The number of aryl methyl sites for hydroxylation is 1. The summed E-state index contributed by atoms with van der Waals surface area (Å²) < 4.78 is 10.2.